The number of aliphatic hydroxyl groups excluding tert-OH is 1. The summed E-state index contributed by atoms with van der Waals surface area (Å²) in [6.45, 7) is 2.29. The lowest BCUT2D eigenvalue weighted by Crippen LogP contribution is -2.42. The van der Waals surface area contributed by atoms with Crippen LogP contribution in [0.4, 0.5) is 5.82 Å². The third kappa shape index (κ3) is 1.95. The van der Waals surface area contributed by atoms with Crippen LogP contribution in [-0.4, -0.2) is 27.6 Å². The van der Waals surface area contributed by atoms with Crippen molar-refractivity contribution in [1.29, 1.82) is 0 Å². The Labute approximate surface area is 123 Å². The second-order valence-electron chi connectivity index (χ2n) is 6.14. The summed E-state index contributed by atoms with van der Waals surface area (Å²) in [5, 5.41) is 11.7. The number of nitrogens with zero attached hydrogens (tertiary/aromatic N) is 3. The summed E-state index contributed by atoms with van der Waals surface area (Å²) in [6, 6.07) is 0. The van der Waals surface area contributed by atoms with Crippen LogP contribution in [-0.2, 0) is 6.61 Å². The molecule has 0 aromatic carbocycles. The molecule has 1 saturated heterocycles. The molecule has 0 amide bonds. The molecule has 2 aromatic heterocycles. The van der Waals surface area contributed by atoms with E-state index in [4.69, 9.17) is 4.98 Å². The lowest BCUT2D eigenvalue weighted by molar-refractivity contribution is 0.201. The first-order chi connectivity index (χ1) is 9.86. The summed E-state index contributed by atoms with van der Waals surface area (Å²) in [7, 11) is 0. The molecule has 1 N–H and O–H groups in total. The molecular weight excluding hydrogens is 270 g/mol. The standard InChI is InChI=1S/C15H21N3OS/c19-10-13-14(16-15-18(13)7-8-20-15)17-6-5-11-3-1-2-4-12(11)9-17/h7-8,11-12,19H,1-6,9-10H2. The van der Waals surface area contributed by atoms with Crippen LogP contribution >= 0.6 is 11.3 Å². The summed E-state index contributed by atoms with van der Waals surface area (Å²) in [4.78, 5) is 8.16. The number of aromatic nitrogens is 2. The first-order valence-corrected chi connectivity index (χ1v) is 8.55. The fourth-order valence-electron chi connectivity index (χ4n) is 4.01. The third-order valence-electron chi connectivity index (χ3n) is 5.08. The van der Waals surface area contributed by atoms with E-state index in [1.165, 1.54) is 32.1 Å². The van der Waals surface area contributed by atoms with Crippen LogP contribution in [0.3, 0.4) is 0 Å². The van der Waals surface area contributed by atoms with Crippen molar-refractivity contribution in [3.8, 4) is 0 Å². The Bertz CT molecular complexity index is 605. The van der Waals surface area contributed by atoms with Gasteiger partial charge in [-0.3, -0.25) is 4.40 Å². The molecule has 1 aliphatic heterocycles. The van der Waals surface area contributed by atoms with Crippen LogP contribution in [0.25, 0.3) is 4.96 Å². The van der Waals surface area contributed by atoms with E-state index in [0.29, 0.717) is 0 Å². The normalized spacial score (nSPS) is 26.9. The largest absolute Gasteiger partial charge is 0.390 e. The maximum Gasteiger partial charge on any atom is 0.195 e. The van der Waals surface area contributed by atoms with E-state index in [-0.39, 0.29) is 6.61 Å². The molecule has 20 heavy (non-hydrogen) atoms. The van der Waals surface area contributed by atoms with Gasteiger partial charge in [0.1, 0.15) is 0 Å². The molecule has 2 aromatic rings. The van der Waals surface area contributed by atoms with E-state index in [9.17, 15) is 5.11 Å². The molecule has 1 aliphatic carbocycles. The lowest BCUT2D eigenvalue weighted by Gasteiger charge is -2.41. The first kappa shape index (κ1) is 12.7. The monoisotopic (exact) mass is 291 g/mol. The maximum absolute atomic E-state index is 9.70. The molecule has 2 unspecified atom stereocenters. The van der Waals surface area contributed by atoms with E-state index in [1.54, 1.807) is 11.3 Å². The van der Waals surface area contributed by atoms with E-state index in [0.717, 1.165) is 41.4 Å². The average Bonchev–Trinajstić information content (AvgIpc) is 3.07. The van der Waals surface area contributed by atoms with Crippen molar-refractivity contribution in [1.82, 2.24) is 9.38 Å². The van der Waals surface area contributed by atoms with Gasteiger partial charge in [-0.15, -0.1) is 11.3 Å². The van der Waals surface area contributed by atoms with Gasteiger partial charge in [0.15, 0.2) is 10.8 Å². The van der Waals surface area contributed by atoms with Crippen molar-refractivity contribution < 1.29 is 5.11 Å². The van der Waals surface area contributed by atoms with E-state index in [2.05, 4.69) is 4.90 Å². The van der Waals surface area contributed by atoms with Crippen molar-refractivity contribution in [3.63, 3.8) is 0 Å². The van der Waals surface area contributed by atoms with Gasteiger partial charge in [-0.1, -0.05) is 19.3 Å². The third-order valence-corrected chi connectivity index (χ3v) is 5.84. The van der Waals surface area contributed by atoms with Crippen molar-refractivity contribution in [2.75, 3.05) is 18.0 Å². The van der Waals surface area contributed by atoms with Crippen LogP contribution in [0, 0.1) is 11.8 Å². The summed E-state index contributed by atoms with van der Waals surface area (Å²) in [5.41, 5.74) is 0.954. The molecule has 0 spiro atoms. The molecule has 2 fully saturated rings. The minimum atomic E-state index is 0.0673. The summed E-state index contributed by atoms with van der Waals surface area (Å²) in [6.07, 6.45) is 8.90. The maximum atomic E-state index is 9.70. The SMILES string of the molecule is OCc1c(N2CCC3CCCCC3C2)nc2sccn12. The van der Waals surface area contributed by atoms with E-state index in [1.807, 2.05) is 16.0 Å². The molecule has 0 bridgehead atoms. The number of piperidine rings is 1. The van der Waals surface area contributed by atoms with Gasteiger partial charge in [-0.05, 0) is 24.7 Å². The number of imidazole rings is 1. The number of fused-ring (bicyclic) bond motifs is 2. The Morgan fingerprint density at radius 2 is 2.10 bits per heavy atom. The minimum absolute atomic E-state index is 0.0673. The Balaban J connectivity index is 1.64. The van der Waals surface area contributed by atoms with Crippen molar-refractivity contribution >= 4 is 22.1 Å². The van der Waals surface area contributed by atoms with Crippen LogP contribution < -0.4 is 4.90 Å². The van der Waals surface area contributed by atoms with Gasteiger partial charge in [-0.25, -0.2) is 4.98 Å². The highest BCUT2D eigenvalue weighted by Crippen LogP contribution is 2.38. The fourth-order valence-corrected chi connectivity index (χ4v) is 4.74. The number of thiazole rings is 1. The second kappa shape index (κ2) is 5.04. The highest BCUT2D eigenvalue weighted by atomic mass is 32.1. The predicted molar refractivity (Wildman–Crippen MR) is 81.3 cm³/mol. The van der Waals surface area contributed by atoms with Crippen molar-refractivity contribution in [2.24, 2.45) is 11.8 Å². The molecule has 108 valence electrons. The van der Waals surface area contributed by atoms with Gasteiger partial charge in [0.25, 0.3) is 0 Å². The second-order valence-corrected chi connectivity index (χ2v) is 7.01. The Kier molecular flexibility index (Phi) is 3.19. The molecule has 2 aliphatic rings. The summed E-state index contributed by atoms with van der Waals surface area (Å²) >= 11 is 1.64. The number of aliphatic hydroxyl groups is 1. The van der Waals surface area contributed by atoms with Gasteiger partial charge < -0.3 is 10.0 Å². The molecular formula is C15H21N3OS. The zero-order valence-electron chi connectivity index (χ0n) is 11.7. The molecule has 4 rings (SSSR count). The zero-order chi connectivity index (χ0) is 13.5. The molecule has 1 saturated carbocycles. The summed E-state index contributed by atoms with van der Waals surface area (Å²) < 4.78 is 2.03. The fraction of sp³-hybridized carbons (Fsp3) is 0.667. The van der Waals surface area contributed by atoms with Crippen molar-refractivity contribution in [3.05, 3.63) is 17.3 Å². The molecule has 0 radical (unpaired) electrons. The Morgan fingerprint density at radius 3 is 2.95 bits per heavy atom. The Hall–Kier alpha value is -1.07. The van der Waals surface area contributed by atoms with E-state index >= 15 is 0 Å². The van der Waals surface area contributed by atoms with Crippen LogP contribution in [0.15, 0.2) is 11.6 Å². The Morgan fingerprint density at radius 1 is 1.25 bits per heavy atom. The van der Waals surface area contributed by atoms with Crippen LogP contribution in [0.2, 0.25) is 0 Å². The van der Waals surface area contributed by atoms with Gasteiger partial charge in [0.2, 0.25) is 0 Å². The highest BCUT2D eigenvalue weighted by Gasteiger charge is 2.33. The smallest absolute Gasteiger partial charge is 0.195 e. The quantitative estimate of drug-likeness (QED) is 0.925. The van der Waals surface area contributed by atoms with E-state index < -0.39 is 0 Å². The highest BCUT2D eigenvalue weighted by molar-refractivity contribution is 7.15. The van der Waals surface area contributed by atoms with Crippen molar-refractivity contribution in [2.45, 2.75) is 38.7 Å². The van der Waals surface area contributed by atoms with Crippen LogP contribution in [0.5, 0.6) is 0 Å². The number of hydrogen-bond donors (Lipinski definition) is 1. The number of anilines is 1. The molecule has 2 atom stereocenters. The summed E-state index contributed by atoms with van der Waals surface area (Å²) in [5.74, 6) is 2.79. The van der Waals surface area contributed by atoms with Gasteiger partial charge in [-0.2, -0.15) is 0 Å². The molecule has 4 nitrogen and oxygen atoms in total. The predicted octanol–water partition coefficient (Wildman–Crippen LogP) is 2.90. The topological polar surface area (TPSA) is 40.8 Å². The van der Waals surface area contributed by atoms with Gasteiger partial charge in [0, 0.05) is 24.7 Å². The molecule has 5 heteroatoms. The molecule has 3 heterocycles. The zero-order valence-corrected chi connectivity index (χ0v) is 12.5. The average molecular weight is 291 g/mol. The lowest BCUT2D eigenvalue weighted by atomic mass is 9.75. The van der Waals surface area contributed by atoms with Gasteiger partial charge >= 0.3 is 0 Å². The first-order valence-electron chi connectivity index (χ1n) is 7.67. The minimum Gasteiger partial charge on any atom is -0.390 e. The van der Waals surface area contributed by atoms with Crippen LogP contribution in [0.1, 0.15) is 37.8 Å². The number of hydrogen-bond acceptors (Lipinski definition) is 4. The number of rotatable bonds is 2. The van der Waals surface area contributed by atoms with Gasteiger partial charge in [0.05, 0.1) is 12.3 Å².